The Hall–Kier alpha value is -3.00. The van der Waals surface area contributed by atoms with Crippen molar-refractivity contribution in [2.75, 3.05) is 46.7 Å². The zero-order valence-electron chi connectivity index (χ0n) is 21.5. The van der Waals surface area contributed by atoms with Crippen molar-refractivity contribution in [2.45, 2.75) is 51.2 Å². The molecule has 1 fully saturated rings. The number of sulfone groups is 1. The molecule has 36 heavy (non-hydrogen) atoms. The lowest BCUT2D eigenvalue weighted by molar-refractivity contribution is -0.161. The quantitative estimate of drug-likeness (QED) is 0.269. The molecule has 2 aliphatic rings. The molecule has 2 atom stereocenters. The van der Waals surface area contributed by atoms with Gasteiger partial charge in [-0.05, 0) is 20.8 Å². The fourth-order valence-electron chi connectivity index (χ4n) is 3.71. The third-order valence-corrected chi connectivity index (χ3v) is 7.38. The number of rotatable bonds is 9. The zero-order valence-corrected chi connectivity index (χ0v) is 22.3. The normalized spacial score (nSPS) is 20.8. The lowest BCUT2D eigenvalue weighted by atomic mass is 10.0. The van der Waals surface area contributed by atoms with Crippen LogP contribution in [0.4, 0.5) is 0 Å². The summed E-state index contributed by atoms with van der Waals surface area (Å²) in [6, 6.07) is 0. The smallest absolute Gasteiger partial charge is 0.308 e. The van der Waals surface area contributed by atoms with Crippen molar-refractivity contribution >= 4 is 39.5 Å². The van der Waals surface area contributed by atoms with E-state index in [4.69, 9.17) is 14.2 Å². The third kappa shape index (κ3) is 6.60. The maximum Gasteiger partial charge on any atom is 0.308 e. The number of ether oxygens (including phenoxy) is 3. The van der Waals surface area contributed by atoms with Crippen molar-refractivity contribution in [2.24, 2.45) is 0 Å². The number of esters is 2. The predicted octanol–water partition coefficient (Wildman–Crippen LogP) is -0.936. The second-order valence-electron chi connectivity index (χ2n) is 9.61. The molecular weight excluding hydrogens is 498 g/mol. The summed E-state index contributed by atoms with van der Waals surface area (Å²) in [6.45, 7) is 5.42. The molecule has 1 saturated heterocycles. The lowest BCUT2D eigenvalue weighted by Gasteiger charge is -2.49. The first-order chi connectivity index (χ1) is 16.5. The highest BCUT2D eigenvalue weighted by atomic mass is 32.2. The molecule has 0 saturated carbocycles. The van der Waals surface area contributed by atoms with Crippen LogP contribution in [0.5, 0.6) is 0 Å². The summed E-state index contributed by atoms with van der Waals surface area (Å²) in [6.07, 6.45) is -1.31. The summed E-state index contributed by atoms with van der Waals surface area (Å²) in [4.78, 5) is 64.9. The highest BCUT2D eigenvalue weighted by Gasteiger charge is 2.60. The van der Waals surface area contributed by atoms with Gasteiger partial charge in [-0.25, -0.2) is 8.42 Å². The monoisotopic (exact) mass is 531 g/mol. The van der Waals surface area contributed by atoms with E-state index >= 15 is 0 Å². The van der Waals surface area contributed by atoms with Crippen molar-refractivity contribution in [3.05, 3.63) is 11.3 Å². The molecule has 0 N–H and O–H groups in total. The van der Waals surface area contributed by atoms with Gasteiger partial charge in [0.1, 0.15) is 17.9 Å². The van der Waals surface area contributed by atoms with E-state index in [0.29, 0.717) is 0 Å². The van der Waals surface area contributed by atoms with Crippen molar-refractivity contribution in [1.82, 2.24) is 14.7 Å². The summed E-state index contributed by atoms with van der Waals surface area (Å²) in [5.41, 5.74) is -1.00. The van der Waals surface area contributed by atoms with E-state index in [1.807, 2.05) is 0 Å². The van der Waals surface area contributed by atoms with Gasteiger partial charge in [-0.1, -0.05) is 0 Å². The molecule has 0 bridgehead atoms. The van der Waals surface area contributed by atoms with Gasteiger partial charge < -0.3 is 24.0 Å². The average molecular weight is 532 g/mol. The van der Waals surface area contributed by atoms with Crippen LogP contribution in [0.3, 0.4) is 0 Å². The summed E-state index contributed by atoms with van der Waals surface area (Å²) in [5, 5.41) is -1.39. The van der Waals surface area contributed by atoms with Gasteiger partial charge in [0.2, 0.25) is 5.91 Å². The number of nitrogens with zero attached hydrogens (tertiary/aromatic N) is 3. The SMILES string of the molecule is CO[C@H]1C(=O)N2C(C(=O)N(C)CC(=O)N(C)CCC(=O)OC(C)(C)C)=C(COC(C)=O)CS(=O)(=O)[C@H]12. The molecule has 2 rings (SSSR count). The van der Waals surface area contributed by atoms with E-state index in [9.17, 15) is 32.4 Å². The number of fused-ring (bicyclic) bond motifs is 1. The topological polar surface area (TPSA) is 157 Å². The highest BCUT2D eigenvalue weighted by Crippen LogP contribution is 2.38. The van der Waals surface area contributed by atoms with Crippen LogP contribution in [0.25, 0.3) is 0 Å². The number of carbonyl (C=O) groups is 5. The number of amides is 3. The van der Waals surface area contributed by atoms with E-state index in [2.05, 4.69) is 0 Å². The van der Waals surface area contributed by atoms with Crippen LogP contribution >= 0.6 is 0 Å². The van der Waals surface area contributed by atoms with E-state index in [1.54, 1.807) is 20.8 Å². The molecule has 0 aliphatic carbocycles. The first-order valence-corrected chi connectivity index (χ1v) is 12.9. The Morgan fingerprint density at radius 1 is 1.11 bits per heavy atom. The van der Waals surface area contributed by atoms with Gasteiger partial charge in [-0.2, -0.15) is 0 Å². The molecular formula is C22H33N3O10S. The fourth-order valence-corrected chi connectivity index (χ4v) is 5.72. The summed E-state index contributed by atoms with van der Waals surface area (Å²) in [7, 11) is 0.0304. The molecule has 0 aromatic heterocycles. The minimum atomic E-state index is -3.93. The van der Waals surface area contributed by atoms with Crippen LogP contribution in [0.15, 0.2) is 11.3 Å². The van der Waals surface area contributed by atoms with Crippen LogP contribution in [0.2, 0.25) is 0 Å². The summed E-state index contributed by atoms with van der Waals surface area (Å²) >= 11 is 0. The molecule has 0 aromatic rings. The summed E-state index contributed by atoms with van der Waals surface area (Å²) in [5.74, 6) is -3.83. The molecule has 0 radical (unpaired) electrons. The number of hydrogen-bond acceptors (Lipinski definition) is 10. The van der Waals surface area contributed by atoms with Gasteiger partial charge in [0.25, 0.3) is 11.8 Å². The first-order valence-electron chi connectivity index (χ1n) is 11.1. The minimum absolute atomic E-state index is 0.0465. The standard InChI is InChI=1S/C22H33N3O10S/c1-13(26)34-11-14-12-36(31,32)21-18(33-7)20(30)25(21)17(14)19(29)24(6)10-15(27)23(5)9-8-16(28)35-22(2,3)4/h18,21H,8-12H2,1-7H3/t18-,21+/m0/s1. The van der Waals surface area contributed by atoms with E-state index in [0.717, 1.165) is 16.7 Å². The van der Waals surface area contributed by atoms with Crippen LogP contribution < -0.4 is 0 Å². The Kier molecular flexibility index (Phi) is 8.89. The predicted molar refractivity (Wildman–Crippen MR) is 125 cm³/mol. The van der Waals surface area contributed by atoms with Crippen molar-refractivity contribution in [3.8, 4) is 0 Å². The van der Waals surface area contributed by atoms with Crippen LogP contribution in [-0.2, 0) is 48.0 Å². The Morgan fingerprint density at radius 2 is 1.72 bits per heavy atom. The lowest BCUT2D eigenvalue weighted by Crippen LogP contribution is -2.71. The fraction of sp³-hybridized carbons (Fsp3) is 0.682. The van der Waals surface area contributed by atoms with Crippen molar-refractivity contribution in [3.63, 3.8) is 0 Å². The van der Waals surface area contributed by atoms with Crippen molar-refractivity contribution < 1.29 is 46.6 Å². The van der Waals surface area contributed by atoms with Gasteiger partial charge in [0, 0.05) is 40.2 Å². The van der Waals surface area contributed by atoms with E-state index in [1.165, 1.54) is 26.1 Å². The minimum Gasteiger partial charge on any atom is -0.461 e. The number of carbonyl (C=O) groups excluding carboxylic acids is 5. The van der Waals surface area contributed by atoms with Gasteiger partial charge in [0.05, 0.1) is 18.7 Å². The Morgan fingerprint density at radius 3 is 2.25 bits per heavy atom. The van der Waals surface area contributed by atoms with Gasteiger partial charge in [-0.3, -0.25) is 28.9 Å². The zero-order chi connectivity index (χ0) is 27.6. The number of hydrogen-bond donors (Lipinski definition) is 0. The molecule has 14 heteroatoms. The third-order valence-electron chi connectivity index (χ3n) is 5.44. The first kappa shape index (κ1) is 29.2. The number of likely N-dealkylation sites (N-methyl/N-ethyl adjacent to an activating group) is 2. The molecule has 202 valence electrons. The number of methoxy groups -OCH3 is 1. The van der Waals surface area contributed by atoms with Crippen molar-refractivity contribution in [1.29, 1.82) is 0 Å². The second kappa shape index (κ2) is 10.9. The van der Waals surface area contributed by atoms with E-state index in [-0.39, 0.29) is 24.2 Å². The highest BCUT2D eigenvalue weighted by molar-refractivity contribution is 7.92. The Balaban J connectivity index is 2.20. The molecule has 0 aromatic carbocycles. The van der Waals surface area contributed by atoms with Gasteiger partial charge in [0.15, 0.2) is 21.3 Å². The maximum atomic E-state index is 13.3. The second-order valence-corrected chi connectivity index (χ2v) is 11.7. The Bertz CT molecular complexity index is 1080. The molecule has 13 nitrogen and oxygen atoms in total. The number of β-lactam (4-membered cyclic amide) rings is 1. The van der Waals surface area contributed by atoms with Crippen LogP contribution in [0, 0.1) is 0 Å². The van der Waals surface area contributed by atoms with Crippen LogP contribution in [-0.4, -0.2) is 117 Å². The largest absolute Gasteiger partial charge is 0.461 e. The van der Waals surface area contributed by atoms with E-state index < -0.39 is 75.5 Å². The maximum absolute atomic E-state index is 13.3. The molecule has 2 aliphatic heterocycles. The van der Waals surface area contributed by atoms with Gasteiger partial charge in [-0.15, -0.1) is 0 Å². The molecule has 3 amide bonds. The molecule has 2 heterocycles. The van der Waals surface area contributed by atoms with Crippen LogP contribution in [0.1, 0.15) is 34.1 Å². The Labute approximate surface area is 210 Å². The average Bonchev–Trinajstić information content (AvgIpc) is 2.74. The van der Waals surface area contributed by atoms with Gasteiger partial charge >= 0.3 is 11.9 Å². The summed E-state index contributed by atoms with van der Waals surface area (Å²) < 4.78 is 40.6. The molecule has 0 unspecified atom stereocenters. The molecule has 0 spiro atoms.